The summed E-state index contributed by atoms with van der Waals surface area (Å²) in [6.07, 6.45) is 1.14. The molecule has 0 bridgehead atoms. The summed E-state index contributed by atoms with van der Waals surface area (Å²) < 4.78 is 18.3. The number of rotatable bonds is 4. The highest BCUT2D eigenvalue weighted by Gasteiger charge is 2.21. The molecular weight excluding hydrogens is 217 g/mol. The molecule has 17 heavy (non-hydrogen) atoms. The van der Waals surface area contributed by atoms with Gasteiger partial charge < -0.3 is 10.1 Å². The zero-order valence-corrected chi connectivity index (χ0v) is 10.5. The van der Waals surface area contributed by atoms with Crippen LogP contribution in [-0.4, -0.2) is 19.3 Å². The van der Waals surface area contributed by atoms with Crippen LogP contribution in [-0.2, 0) is 11.3 Å². The fourth-order valence-electron chi connectivity index (χ4n) is 2.24. The molecule has 2 unspecified atom stereocenters. The van der Waals surface area contributed by atoms with Crippen molar-refractivity contribution in [3.63, 3.8) is 0 Å². The van der Waals surface area contributed by atoms with E-state index >= 15 is 0 Å². The molecule has 1 aromatic carbocycles. The smallest absolute Gasteiger partial charge is 0.123 e. The van der Waals surface area contributed by atoms with E-state index in [1.165, 1.54) is 6.07 Å². The van der Waals surface area contributed by atoms with Crippen LogP contribution in [0.15, 0.2) is 18.2 Å². The first-order valence-corrected chi connectivity index (χ1v) is 6.23. The van der Waals surface area contributed by atoms with Gasteiger partial charge >= 0.3 is 0 Å². The SMILES string of the molecule is Cc1cc(F)ccc1CNC(C)C1CCOC1. The summed E-state index contributed by atoms with van der Waals surface area (Å²) in [4.78, 5) is 0. The highest BCUT2D eigenvalue weighted by molar-refractivity contribution is 5.26. The molecule has 1 saturated heterocycles. The maximum absolute atomic E-state index is 13.0. The Kier molecular flexibility index (Phi) is 4.13. The molecule has 0 radical (unpaired) electrons. The lowest BCUT2D eigenvalue weighted by Gasteiger charge is -2.19. The van der Waals surface area contributed by atoms with Crippen LogP contribution in [0.4, 0.5) is 4.39 Å². The number of aryl methyl sites for hydroxylation is 1. The summed E-state index contributed by atoms with van der Waals surface area (Å²) in [6.45, 7) is 6.67. The van der Waals surface area contributed by atoms with Crippen molar-refractivity contribution < 1.29 is 9.13 Å². The van der Waals surface area contributed by atoms with Crippen LogP contribution in [0.25, 0.3) is 0 Å². The van der Waals surface area contributed by atoms with E-state index in [1.54, 1.807) is 6.07 Å². The Balaban J connectivity index is 1.88. The van der Waals surface area contributed by atoms with Crippen LogP contribution in [0.5, 0.6) is 0 Å². The quantitative estimate of drug-likeness (QED) is 0.869. The largest absolute Gasteiger partial charge is 0.381 e. The molecule has 1 heterocycles. The molecule has 2 rings (SSSR count). The topological polar surface area (TPSA) is 21.3 Å². The van der Waals surface area contributed by atoms with Gasteiger partial charge in [-0.3, -0.25) is 0 Å². The zero-order valence-electron chi connectivity index (χ0n) is 10.5. The predicted molar refractivity (Wildman–Crippen MR) is 66.4 cm³/mol. The molecule has 2 atom stereocenters. The van der Waals surface area contributed by atoms with Gasteiger partial charge in [0.1, 0.15) is 5.82 Å². The van der Waals surface area contributed by atoms with Gasteiger partial charge in [-0.1, -0.05) is 6.07 Å². The van der Waals surface area contributed by atoms with Gasteiger partial charge in [-0.25, -0.2) is 4.39 Å². The second-order valence-corrected chi connectivity index (χ2v) is 4.86. The Morgan fingerprint density at radius 1 is 1.53 bits per heavy atom. The van der Waals surface area contributed by atoms with E-state index in [0.717, 1.165) is 37.3 Å². The third kappa shape index (κ3) is 3.27. The fourth-order valence-corrected chi connectivity index (χ4v) is 2.24. The van der Waals surface area contributed by atoms with Crippen molar-refractivity contribution in [2.45, 2.75) is 32.9 Å². The van der Waals surface area contributed by atoms with Gasteiger partial charge in [-0.15, -0.1) is 0 Å². The van der Waals surface area contributed by atoms with Crippen LogP contribution >= 0.6 is 0 Å². The van der Waals surface area contributed by atoms with Crippen molar-refractivity contribution in [1.29, 1.82) is 0 Å². The van der Waals surface area contributed by atoms with Gasteiger partial charge in [0, 0.05) is 19.2 Å². The van der Waals surface area contributed by atoms with E-state index in [0.29, 0.717) is 12.0 Å². The van der Waals surface area contributed by atoms with Crippen molar-refractivity contribution in [1.82, 2.24) is 5.32 Å². The van der Waals surface area contributed by atoms with Crippen LogP contribution < -0.4 is 5.32 Å². The molecule has 0 aliphatic carbocycles. The molecule has 0 spiro atoms. The average Bonchev–Trinajstić information content (AvgIpc) is 2.81. The van der Waals surface area contributed by atoms with E-state index in [4.69, 9.17) is 4.74 Å². The maximum Gasteiger partial charge on any atom is 0.123 e. The van der Waals surface area contributed by atoms with Crippen molar-refractivity contribution >= 4 is 0 Å². The number of hydrogen-bond acceptors (Lipinski definition) is 2. The van der Waals surface area contributed by atoms with E-state index in [9.17, 15) is 4.39 Å². The minimum absolute atomic E-state index is 0.163. The van der Waals surface area contributed by atoms with Gasteiger partial charge in [0.05, 0.1) is 6.61 Å². The Bertz CT molecular complexity index is 374. The Morgan fingerprint density at radius 3 is 3.00 bits per heavy atom. The maximum atomic E-state index is 13.0. The molecular formula is C14H20FNO. The number of nitrogens with one attached hydrogen (secondary N) is 1. The summed E-state index contributed by atoms with van der Waals surface area (Å²) >= 11 is 0. The molecule has 1 aliphatic heterocycles. The third-order valence-electron chi connectivity index (χ3n) is 3.59. The first-order valence-electron chi connectivity index (χ1n) is 6.23. The average molecular weight is 237 g/mol. The Morgan fingerprint density at radius 2 is 2.35 bits per heavy atom. The molecule has 1 fully saturated rings. The summed E-state index contributed by atoms with van der Waals surface area (Å²) in [6, 6.07) is 5.41. The van der Waals surface area contributed by atoms with Gasteiger partial charge in [-0.2, -0.15) is 0 Å². The van der Waals surface area contributed by atoms with Gasteiger partial charge in [0.2, 0.25) is 0 Å². The van der Waals surface area contributed by atoms with E-state index < -0.39 is 0 Å². The molecule has 1 N–H and O–H groups in total. The van der Waals surface area contributed by atoms with Gasteiger partial charge in [0.25, 0.3) is 0 Å². The highest BCUT2D eigenvalue weighted by atomic mass is 19.1. The van der Waals surface area contributed by atoms with Gasteiger partial charge in [-0.05, 0) is 49.4 Å². The molecule has 1 aromatic rings. The lowest BCUT2D eigenvalue weighted by Crippen LogP contribution is -2.33. The van der Waals surface area contributed by atoms with E-state index in [2.05, 4.69) is 12.2 Å². The molecule has 1 aliphatic rings. The van der Waals surface area contributed by atoms with Crippen molar-refractivity contribution in [2.24, 2.45) is 5.92 Å². The Labute approximate surface area is 102 Å². The second-order valence-electron chi connectivity index (χ2n) is 4.86. The fraction of sp³-hybridized carbons (Fsp3) is 0.571. The summed E-state index contributed by atoms with van der Waals surface area (Å²) in [5.74, 6) is 0.444. The van der Waals surface area contributed by atoms with Crippen LogP contribution in [0, 0.1) is 18.7 Å². The minimum atomic E-state index is -0.163. The minimum Gasteiger partial charge on any atom is -0.381 e. The predicted octanol–water partition coefficient (Wildman–Crippen LogP) is 2.65. The molecule has 0 amide bonds. The number of hydrogen-bond donors (Lipinski definition) is 1. The number of benzene rings is 1. The molecule has 2 nitrogen and oxygen atoms in total. The number of ether oxygens (including phenoxy) is 1. The van der Waals surface area contributed by atoms with Crippen molar-refractivity contribution in [2.75, 3.05) is 13.2 Å². The van der Waals surface area contributed by atoms with E-state index in [-0.39, 0.29) is 5.82 Å². The second kappa shape index (κ2) is 5.61. The first-order chi connectivity index (χ1) is 8.16. The van der Waals surface area contributed by atoms with Crippen LogP contribution in [0.3, 0.4) is 0 Å². The summed E-state index contributed by atoms with van der Waals surface area (Å²) in [5.41, 5.74) is 2.17. The monoisotopic (exact) mass is 237 g/mol. The Hall–Kier alpha value is -0.930. The molecule has 0 saturated carbocycles. The van der Waals surface area contributed by atoms with Crippen LogP contribution in [0.2, 0.25) is 0 Å². The molecule has 94 valence electrons. The van der Waals surface area contributed by atoms with Crippen LogP contribution in [0.1, 0.15) is 24.5 Å². The standard InChI is InChI=1S/C14H20FNO/c1-10-7-14(15)4-3-12(10)8-16-11(2)13-5-6-17-9-13/h3-4,7,11,13,16H,5-6,8-9H2,1-2H3. The third-order valence-corrected chi connectivity index (χ3v) is 3.59. The summed E-state index contributed by atoms with van der Waals surface area (Å²) in [7, 11) is 0. The van der Waals surface area contributed by atoms with Crippen molar-refractivity contribution in [3.05, 3.63) is 35.1 Å². The normalized spacial score (nSPS) is 21.7. The number of halogens is 1. The lowest BCUT2D eigenvalue weighted by molar-refractivity contribution is 0.178. The molecule has 0 aromatic heterocycles. The first kappa shape index (κ1) is 12.5. The summed E-state index contributed by atoms with van der Waals surface area (Å²) in [5, 5.41) is 3.50. The van der Waals surface area contributed by atoms with E-state index in [1.807, 2.05) is 13.0 Å². The van der Waals surface area contributed by atoms with Gasteiger partial charge in [0.15, 0.2) is 0 Å². The van der Waals surface area contributed by atoms with Crippen molar-refractivity contribution in [3.8, 4) is 0 Å². The lowest BCUT2D eigenvalue weighted by atomic mass is 10.00. The highest BCUT2D eigenvalue weighted by Crippen LogP contribution is 2.17. The zero-order chi connectivity index (χ0) is 12.3. The molecule has 3 heteroatoms.